The highest BCUT2D eigenvalue weighted by atomic mass is 19.4. The number of alkyl halides is 3. The molecule has 112 valence electrons. The van der Waals surface area contributed by atoms with Crippen molar-refractivity contribution in [3.8, 4) is 6.07 Å². The van der Waals surface area contributed by atoms with Gasteiger partial charge in [-0.15, -0.1) is 0 Å². The van der Waals surface area contributed by atoms with E-state index in [2.05, 4.69) is 10.3 Å². The fourth-order valence-corrected chi connectivity index (χ4v) is 2.65. The van der Waals surface area contributed by atoms with Crippen molar-refractivity contribution in [1.29, 1.82) is 5.26 Å². The standard InChI is InChI=1S/C14H14F3N3O/c15-14(16,17)11-4-3-9(7-18)13(20-11)19-10-5-6-21-12(10)8-1-2-8/h3-4,8,10,12H,1-2,5-6H2,(H,19,20). The van der Waals surface area contributed by atoms with Crippen molar-refractivity contribution in [2.24, 2.45) is 5.92 Å². The van der Waals surface area contributed by atoms with Crippen LogP contribution in [0, 0.1) is 17.2 Å². The molecule has 1 saturated carbocycles. The number of aromatic nitrogens is 1. The maximum Gasteiger partial charge on any atom is 0.433 e. The lowest BCUT2D eigenvalue weighted by molar-refractivity contribution is -0.141. The number of nitriles is 1. The summed E-state index contributed by atoms with van der Waals surface area (Å²) in [5, 5.41) is 12.0. The summed E-state index contributed by atoms with van der Waals surface area (Å²) in [4.78, 5) is 3.58. The first-order valence-electron chi connectivity index (χ1n) is 6.85. The van der Waals surface area contributed by atoms with Crippen molar-refractivity contribution in [1.82, 2.24) is 4.98 Å². The lowest BCUT2D eigenvalue weighted by Crippen LogP contribution is -2.32. The number of rotatable bonds is 3. The topological polar surface area (TPSA) is 57.9 Å². The maximum absolute atomic E-state index is 12.7. The Morgan fingerprint density at radius 2 is 2.05 bits per heavy atom. The molecule has 21 heavy (non-hydrogen) atoms. The molecule has 2 aliphatic rings. The lowest BCUT2D eigenvalue weighted by Gasteiger charge is -2.21. The van der Waals surface area contributed by atoms with E-state index in [0.29, 0.717) is 18.9 Å². The number of hydrogen-bond donors (Lipinski definition) is 1. The summed E-state index contributed by atoms with van der Waals surface area (Å²) in [7, 11) is 0. The third-order valence-corrected chi connectivity index (χ3v) is 3.85. The van der Waals surface area contributed by atoms with Gasteiger partial charge in [-0.1, -0.05) is 0 Å². The molecular weight excluding hydrogens is 283 g/mol. The van der Waals surface area contributed by atoms with Gasteiger partial charge in [-0.3, -0.25) is 0 Å². The van der Waals surface area contributed by atoms with E-state index in [1.165, 1.54) is 0 Å². The van der Waals surface area contributed by atoms with Crippen molar-refractivity contribution < 1.29 is 17.9 Å². The first-order chi connectivity index (χ1) is 9.99. The zero-order valence-electron chi connectivity index (χ0n) is 11.2. The normalized spacial score (nSPS) is 25.6. The van der Waals surface area contributed by atoms with E-state index >= 15 is 0 Å². The van der Waals surface area contributed by atoms with Gasteiger partial charge in [0, 0.05) is 6.61 Å². The smallest absolute Gasteiger partial charge is 0.376 e. The lowest BCUT2D eigenvalue weighted by atomic mass is 10.1. The first-order valence-corrected chi connectivity index (χ1v) is 6.85. The highest BCUT2D eigenvalue weighted by molar-refractivity contribution is 5.53. The fourth-order valence-electron chi connectivity index (χ4n) is 2.65. The summed E-state index contributed by atoms with van der Waals surface area (Å²) < 4.78 is 43.8. The SMILES string of the molecule is N#Cc1ccc(C(F)(F)F)nc1NC1CCOC1C1CC1. The van der Waals surface area contributed by atoms with Gasteiger partial charge >= 0.3 is 6.18 Å². The molecule has 1 aliphatic carbocycles. The predicted octanol–water partition coefficient (Wildman–Crippen LogP) is 2.95. The van der Waals surface area contributed by atoms with Gasteiger partial charge in [0.2, 0.25) is 0 Å². The Morgan fingerprint density at radius 1 is 1.29 bits per heavy atom. The van der Waals surface area contributed by atoms with Crippen LogP contribution < -0.4 is 5.32 Å². The molecule has 1 N–H and O–H groups in total. The van der Waals surface area contributed by atoms with Crippen LogP contribution in [0.1, 0.15) is 30.5 Å². The van der Waals surface area contributed by atoms with Crippen molar-refractivity contribution in [3.05, 3.63) is 23.4 Å². The van der Waals surface area contributed by atoms with Crippen LogP contribution in [0.5, 0.6) is 0 Å². The molecule has 1 saturated heterocycles. The van der Waals surface area contributed by atoms with Gasteiger partial charge in [0.1, 0.15) is 17.6 Å². The Morgan fingerprint density at radius 3 is 2.67 bits per heavy atom. The van der Waals surface area contributed by atoms with Crippen LogP contribution in [0.4, 0.5) is 19.0 Å². The first kappa shape index (κ1) is 14.1. The molecule has 2 heterocycles. The van der Waals surface area contributed by atoms with Crippen LogP contribution >= 0.6 is 0 Å². The van der Waals surface area contributed by atoms with Crippen molar-refractivity contribution in [2.75, 3.05) is 11.9 Å². The summed E-state index contributed by atoms with van der Waals surface area (Å²) in [6.45, 7) is 0.583. The molecule has 0 spiro atoms. The molecule has 3 rings (SSSR count). The number of ether oxygens (including phenoxy) is 1. The molecule has 2 unspecified atom stereocenters. The summed E-state index contributed by atoms with van der Waals surface area (Å²) in [6, 6.07) is 3.77. The predicted molar refractivity (Wildman–Crippen MR) is 68.4 cm³/mol. The average Bonchev–Trinajstić information content (AvgIpc) is 3.18. The highest BCUT2D eigenvalue weighted by Crippen LogP contribution is 2.40. The molecule has 1 aromatic heterocycles. The molecule has 0 radical (unpaired) electrons. The minimum atomic E-state index is -4.52. The maximum atomic E-state index is 12.7. The van der Waals surface area contributed by atoms with E-state index < -0.39 is 11.9 Å². The van der Waals surface area contributed by atoms with E-state index in [1.807, 2.05) is 6.07 Å². The van der Waals surface area contributed by atoms with Gasteiger partial charge in [-0.25, -0.2) is 4.98 Å². The molecular formula is C14H14F3N3O. The van der Waals surface area contributed by atoms with E-state index in [9.17, 15) is 13.2 Å². The van der Waals surface area contributed by atoms with Gasteiger partial charge in [0.25, 0.3) is 0 Å². The number of pyridine rings is 1. The van der Waals surface area contributed by atoms with Gasteiger partial charge in [0.05, 0.1) is 17.7 Å². The summed E-state index contributed by atoms with van der Waals surface area (Å²) >= 11 is 0. The minimum Gasteiger partial charge on any atom is -0.376 e. The van der Waals surface area contributed by atoms with Gasteiger partial charge in [-0.05, 0) is 37.3 Å². The number of hydrogen-bond acceptors (Lipinski definition) is 4. The Kier molecular flexibility index (Phi) is 3.49. The van der Waals surface area contributed by atoms with Crippen LogP contribution in [0.15, 0.2) is 12.1 Å². The Bertz CT molecular complexity index is 578. The number of nitrogens with zero attached hydrogens (tertiary/aromatic N) is 2. The van der Waals surface area contributed by atoms with Crippen LogP contribution in [0.2, 0.25) is 0 Å². The van der Waals surface area contributed by atoms with E-state index in [-0.39, 0.29) is 23.5 Å². The van der Waals surface area contributed by atoms with Crippen LogP contribution in [0.25, 0.3) is 0 Å². The van der Waals surface area contributed by atoms with Gasteiger partial charge in [0.15, 0.2) is 0 Å². The molecule has 1 aromatic rings. The quantitative estimate of drug-likeness (QED) is 0.932. The van der Waals surface area contributed by atoms with Crippen LogP contribution in [-0.4, -0.2) is 23.7 Å². The minimum absolute atomic E-state index is 0.00604. The second-order valence-electron chi connectivity index (χ2n) is 5.41. The van der Waals surface area contributed by atoms with Gasteiger partial charge < -0.3 is 10.1 Å². The average molecular weight is 297 g/mol. The third kappa shape index (κ3) is 2.95. The Balaban J connectivity index is 1.84. The molecule has 0 aromatic carbocycles. The van der Waals surface area contributed by atoms with Crippen LogP contribution in [0.3, 0.4) is 0 Å². The monoisotopic (exact) mass is 297 g/mol. The zero-order valence-corrected chi connectivity index (χ0v) is 11.2. The number of anilines is 1. The Hall–Kier alpha value is -1.81. The zero-order chi connectivity index (χ0) is 15.0. The third-order valence-electron chi connectivity index (χ3n) is 3.85. The molecule has 7 heteroatoms. The van der Waals surface area contributed by atoms with E-state index in [1.54, 1.807) is 0 Å². The second kappa shape index (κ2) is 5.19. The van der Waals surface area contributed by atoms with E-state index in [0.717, 1.165) is 25.0 Å². The number of nitrogens with one attached hydrogen (secondary N) is 1. The molecule has 4 nitrogen and oxygen atoms in total. The highest BCUT2D eigenvalue weighted by Gasteiger charge is 2.41. The molecule has 0 amide bonds. The number of halogens is 3. The molecule has 2 atom stereocenters. The van der Waals surface area contributed by atoms with Crippen molar-refractivity contribution in [2.45, 2.75) is 37.6 Å². The largest absolute Gasteiger partial charge is 0.433 e. The fraction of sp³-hybridized carbons (Fsp3) is 0.571. The van der Waals surface area contributed by atoms with Crippen molar-refractivity contribution >= 4 is 5.82 Å². The van der Waals surface area contributed by atoms with E-state index in [4.69, 9.17) is 10.00 Å². The molecule has 2 fully saturated rings. The summed E-state index contributed by atoms with van der Waals surface area (Å²) in [6.07, 6.45) is -1.63. The van der Waals surface area contributed by atoms with Gasteiger partial charge in [-0.2, -0.15) is 18.4 Å². The molecule has 1 aliphatic heterocycles. The van der Waals surface area contributed by atoms with Crippen LogP contribution in [-0.2, 0) is 10.9 Å². The summed E-state index contributed by atoms with van der Waals surface area (Å²) in [5.41, 5.74) is -0.879. The summed E-state index contributed by atoms with van der Waals surface area (Å²) in [5.74, 6) is 0.467. The Labute approximate surface area is 119 Å². The van der Waals surface area contributed by atoms with Crippen molar-refractivity contribution in [3.63, 3.8) is 0 Å². The molecule has 0 bridgehead atoms. The second-order valence-corrected chi connectivity index (χ2v) is 5.41.